The molecule has 1 N–H and O–H groups in total. The van der Waals surface area contributed by atoms with Crippen molar-refractivity contribution < 1.29 is 4.74 Å². The van der Waals surface area contributed by atoms with Gasteiger partial charge in [0, 0.05) is 25.3 Å². The van der Waals surface area contributed by atoms with Crippen molar-refractivity contribution in [3.63, 3.8) is 0 Å². The molecule has 2 rings (SSSR count). The van der Waals surface area contributed by atoms with E-state index in [1.807, 2.05) is 20.0 Å². The highest BCUT2D eigenvalue weighted by Gasteiger charge is 2.14. The van der Waals surface area contributed by atoms with Crippen molar-refractivity contribution in [2.45, 2.75) is 13.5 Å². The Labute approximate surface area is 95.8 Å². The van der Waals surface area contributed by atoms with Gasteiger partial charge in [-0.2, -0.15) is 0 Å². The molecule has 16 heavy (non-hydrogen) atoms. The molecule has 0 aromatic carbocycles. The number of aromatic nitrogens is 2. The predicted octanol–water partition coefficient (Wildman–Crippen LogP) is 0.341. The third-order valence-corrected chi connectivity index (χ3v) is 2.55. The molecular weight excluding hydrogens is 204 g/mol. The number of hydrogen-bond donors (Lipinski definition) is 1. The summed E-state index contributed by atoms with van der Waals surface area (Å²) in [5, 5.41) is 3.11. The fourth-order valence-electron chi connectivity index (χ4n) is 1.79. The second kappa shape index (κ2) is 5.23. The average molecular weight is 222 g/mol. The number of aryl methyl sites for hydroxylation is 1. The van der Waals surface area contributed by atoms with Gasteiger partial charge in [-0.1, -0.05) is 0 Å². The van der Waals surface area contributed by atoms with E-state index in [1.165, 1.54) is 0 Å². The van der Waals surface area contributed by atoms with Crippen LogP contribution in [0.15, 0.2) is 6.07 Å². The molecule has 1 aromatic heterocycles. The molecule has 0 radical (unpaired) electrons. The van der Waals surface area contributed by atoms with Crippen LogP contribution in [0.5, 0.6) is 0 Å². The molecule has 0 bridgehead atoms. The topological polar surface area (TPSA) is 50.3 Å². The maximum atomic E-state index is 5.32. The van der Waals surface area contributed by atoms with E-state index in [1.54, 1.807) is 0 Å². The summed E-state index contributed by atoms with van der Waals surface area (Å²) in [5.74, 6) is 0.827. The Morgan fingerprint density at radius 2 is 2.12 bits per heavy atom. The minimum atomic E-state index is 0.763. The van der Waals surface area contributed by atoms with E-state index < -0.39 is 0 Å². The van der Waals surface area contributed by atoms with Crippen LogP contribution in [0.3, 0.4) is 0 Å². The monoisotopic (exact) mass is 222 g/mol. The Kier molecular flexibility index (Phi) is 3.69. The first-order valence-corrected chi connectivity index (χ1v) is 5.61. The Morgan fingerprint density at radius 1 is 1.38 bits per heavy atom. The summed E-state index contributed by atoms with van der Waals surface area (Å²) in [5.41, 5.74) is 2.05. The lowest BCUT2D eigenvalue weighted by molar-refractivity contribution is 0.122. The minimum absolute atomic E-state index is 0.763. The smallest absolute Gasteiger partial charge is 0.225 e. The van der Waals surface area contributed by atoms with Gasteiger partial charge in [-0.05, 0) is 20.0 Å². The van der Waals surface area contributed by atoms with Crippen LogP contribution in [-0.4, -0.2) is 43.3 Å². The van der Waals surface area contributed by atoms with Crippen LogP contribution >= 0.6 is 0 Å². The van der Waals surface area contributed by atoms with Crippen LogP contribution in [0.4, 0.5) is 5.95 Å². The summed E-state index contributed by atoms with van der Waals surface area (Å²) in [7, 11) is 1.92. The fourth-order valence-corrected chi connectivity index (χ4v) is 1.79. The van der Waals surface area contributed by atoms with Gasteiger partial charge >= 0.3 is 0 Å². The van der Waals surface area contributed by atoms with Gasteiger partial charge in [-0.15, -0.1) is 0 Å². The predicted molar refractivity (Wildman–Crippen MR) is 62.6 cm³/mol. The van der Waals surface area contributed by atoms with Crippen LogP contribution in [-0.2, 0) is 11.3 Å². The van der Waals surface area contributed by atoms with Crippen molar-refractivity contribution in [1.82, 2.24) is 15.3 Å². The van der Waals surface area contributed by atoms with Gasteiger partial charge in [0.1, 0.15) is 0 Å². The standard InChI is InChI=1S/C11H18N4O/c1-9-7-10(8-12-2)14-11(13-9)15-3-5-16-6-4-15/h7,12H,3-6,8H2,1-2H3. The van der Waals surface area contributed by atoms with E-state index in [4.69, 9.17) is 4.74 Å². The van der Waals surface area contributed by atoms with Crippen LogP contribution in [0.2, 0.25) is 0 Å². The van der Waals surface area contributed by atoms with Crippen LogP contribution < -0.4 is 10.2 Å². The molecule has 5 nitrogen and oxygen atoms in total. The molecule has 1 fully saturated rings. The van der Waals surface area contributed by atoms with Gasteiger partial charge in [0.25, 0.3) is 0 Å². The van der Waals surface area contributed by atoms with Crippen molar-refractivity contribution in [3.8, 4) is 0 Å². The molecule has 1 saturated heterocycles. The van der Waals surface area contributed by atoms with Gasteiger partial charge in [-0.3, -0.25) is 0 Å². The molecule has 0 atom stereocenters. The van der Waals surface area contributed by atoms with Gasteiger partial charge in [0.2, 0.25) is 5.95 Å². The van der Waals surface area contributed by atoms with Gasteiger partial charge < -0.3 is 15.0 Å². The maximum Gasteiger partial charge on any atom is 0.225 e. The zero-order valence-corrected chi connectivity index (χ0v) is 9.86. The second-order valence-corrected chi connectivity index (χ2v) is 3.93. The number of ether oxygens (including phenoxy) is 1. The van der Waals surface area contributed by atoms with Crippen molar-refractivity contribution in [2.24, 2.45) is 0 Å². The molecule has 0 aliphatic carbocycles. The lowest BCUT2D eigenvalue weighted by Gasteiger charge is -2.27. The first kappa shape index (κ1) is 11.3. The molecule has 0 saturated carbocycles. The molecule has 0 amide bonds. The van der Waals surface area contributed by atoms with Crippen LogP contribution in [0.25, 0.3) is 0 Å². The third-order valence-electron chi connectivity index (χ3n) is 2.55. The molecule has 1 aromatic rings. The lowest BCUT2D eigenvalue weighted by atomic mass is 10.3. The highest BCUT2D eigenvalue weighted by Crippen LogP contribution is 2.11. The minimum Gasteiger partial charge on any atom is -0.378 e. The van der Waals surface area contributed by atoms with Gasteiger partial charge in [0.05, 0.1) is 18.9 Å². The summed E-state index contributed by atoms with van der Waals surface area (Å²) in [4.78, 5) is 11.2. The van der Waals surface area contributed by atoms with E-state index >= 15 is 0 Å². The number of morpholine rings is 1. The van der Waals surface area contributed by atoms with E-state index in [2.05, 4.69) is 20.2 Å². The zero-order chi connectivity index (χ0) is 11.4. The molecular formula is C11H18N4O. The summed E-state index contributed by atoms with van der Waals surface area (Å²) in [6.07, 6.45) is 0. The Hall–Kier alpha value is -1.20. The van der Waals surface area contributed by atoms with Crippen molar-refractivity contribution in [3.05, 3.63) is 17.5 Å². The number of nitrogens with zero attached hydrogens (tertiary/aromatic N) is 3. The largest absolute Gasteiger partial charge is 0.378 e. The zero-order valence-electron chi connectivity index (χ0n) is 9.86. The van der Waals surface area contributed by atoms with E-state index in [-0.39, 0.29) is 0 Å². The Balaban J connectivity index is 2.18. The third kappa shape index (κ3) is 2.68. The van der Waals surface area contributed by atoms with Crippen LogP contribution in [0.1, 0.15) is 11.4 Å². The Bertz CT molecular complexity index is 350. The average Bonchev–Trinajstić information content (AvgIpc) is 2.30. The van der Waals surface area contributed by atoms with Gasteiger partial charge in [0.15, 0.2) is 0 Å². The molecule has 88 valence electrons. The quantitative estimate of drug-likeness (QED) is 0.799. The van der Waals surface area contributed by atoms with Gasteiger partial charge in [-0.25, -0.2) is 9.97 Å². The summed E-state index contributed by atoms with van der Waals surface area (Å²) in [6.45, 7) is 6.06. The van der Waals surface area contributed by atoms with E-state index in [9.17, 15) is 0 Å². The molecule has 1 aliphatic rings. The lowest BCUT2D eigenvalue weighted by Crippen LogP contribution is -2.37. The molecule has 1 aliphatic heterocycles. The molecule has 0 spiro atoms. The van der Waals surface area contributed by atoms with Crippen molar-refractivity contribution in [2.75, 3.05) is 38.3 Å². The normalized spacial score (nSPS) is 16.5. The Morgan fingerprint density at radius 3 is 2.81 bits per heavy atom. The number of rotatable bonds is 3. The highest BCUT2D eigenvalue weighted by molar-refractivity contribution is 5.32. The van der Waals surface area contributed by atoms with Crippen molar-refractivity contribution in [1.29, 1.82) is 0 Å². The molecule has 2 heterocycles. The maximum absolute atomic E-state index is 5.32. The summed E-state index contributed by atoms with van der Waals surface area (Å²) in [6, 6.07) is 2.01. The number of nitrogens with one attached hydrogen (secondary N) is 1. The molecule has 5 heteroatoms. The molecule has 0 unspecified atom stereocenters. The fraction of sp³-hybridized carbons (Fsp3) is 0.636. The first-order chi connectivity index (χ1) is 7.79. The number of anilines is 1. The highest BCUT2D eigenvalue weighted by atomic mass is 16.5. The number of hydrogen-bond acceptors (Lipinski definition) is 5. The first-order valence-electron chi connectivity index (χ1n) is 5.61. The summed E-state index contributed by atoms with van der Waals surface area (Å²) < 4.78 is 5.32. The van der Waals surface area contributed by atoms with Crippen LogP contribution in [0, 0.1) is 6.92 Å². The SMILES string of the molecule is CNCc1cc(C)nc(N2CCOCC2)n1. The summed E-state index contributed by atoms with van der Waals surface area (Å²) >= 11 is 0. The van der Waals surface area contributed by atoms with E-state index in [0.717, 1.165) is 50.2 Å². The second-order valence-electron chi connectivity index (χ2n) is 3.93. The van der Waals surface area contributed by atoms with E-state index in [0.29, 0.717) is 0 Å². The van der Waals surface area contributed by atoms with Crippen molar-refractivity contribution >= 4 is 5.95 Å².